The highest BCUT2D eigenvalue weighted by Crippen LogP contribution is 2.16. The third-order valence-electron chi connectivity index (χ3n) is 4.40. The minimum Gasteiger partial charge on any atom is -0.372 e. The molecule has 0 aromatic carbocycles. The zero-order valence-corrected chi connectivity index (χ0v) is 15.8. The molecule has 0 spiro atoms. The predicted octanol–water partition coefficient (Wildman–Crippen LogP) is 1.24. The molecule has 0 aliphatic carbocycles. The molecule has 2 aliphatic rings. The highest BCUT2D eigenvalue weighted by atomic mass is 19.4. The molecular weight excluding hydrogens is 365 g/mol. The number of carbonyl (C=O) groups is 1. The molecule has 27 heavy (non-hydrogen) atoms. The summed E-state index contributed by atoms with van der Waals surface area (Å²) in [5.74, 6) is 0.786. The van der Waals surface area contributed by atoms with Gasteiger partial charge in [-0.25, -0.2) is 0 Å². The Hall–Kier alpha value is -1.55. The van der Waals surface area contributed by atoms with Crippen molar-refractivity contribution < 1.29 is 27.4 Å². The first-order chi connectivity index (χ1) is 12.9. The maximum atomic E-state index is 12.4. The maximum Gasteiger partial charge on any atom is 0.411 e. The van der Waals surface area contributed by atoms with E-state index in [0.717, 1.165) is 18.8 Å². The van der Waals surface area contributed by atoms with Gasteiger partial charge in [0.1, 0.15) is 12.7 Å². The quantitative estimate of drug-likeness (QED) is 0.400. The Bertz CT molecular complexity index is 488. The molecule has 2 saturated heterocycles. The maximum absolute atomic E-state index is 12.4. The molecule has 0 saturated carbocycles. The van der Waals surface area contributed by atoms with Crippen LogP contribution in [0.3, 0.4) is 0 Å². The molecule has 156 valence electrons. The molecule has 0 aromatic rings. The Morgan fingerprint density at radius 3 is 2.56 bits per heavy atom. The highest BCUT2D eigenvalue weighted by molar-refractivity contribution is 5.82. The zero-order chi connectivity index (χ0) is 19.7. The standard InChI is InChI=1S/C17H29F3N4O3/c1-2-21-16(22-6-4-11-26-13-17(18,19)20)24-9-7-23(8-10-24)15(25)14-5-3-12-27-14/h14H,2-13H2,1H3,(H,21,22). The fraction of sp³-hybridized carbons (Fsp3) is 0.882. The number of amides is 1. The van der Waals surface area contributed by atoms with Gasteiger partial charge in [0.15, 0.2) is 5.96 Å². The van der Waals surface area contributed by atoms with Crippen LogP contribution >= 0.6 is 0 Å². The Morgan fingerprint density at radius 2 is 1.96 bits per heavy atom. The van der Waals surface area contributed by atoms with Crippen LogP contribution in [0.4, 0.5) is 13.2 Å². The molecule has 1 amide bonds. The van der Waals surface area contributed by atoms with Crippen LogP contribution in [-0.2, 0) is 14.3 Å². The molecule has 1 atom stereocenters. The molecule has 7 nitrogen and oxygen atoms in total. The number of hydrogen-bond donors (Lipinski definition) is 1. The Balaban J connectivity index is 1.73. The Morgan fingerprint density at radius 1 is 1.26 bits per heavy atom. The van der Waals surface area contributed by atoms with Crippen LogP contribution in [0.25, 0.3) is 0 Å². The molecule has 1 N–H and O–H groups in total. The Kier molecular flexibility index (Phi) is 8.62. The fourth-order valence-corrected chi connectivity index (χ4v) is 3.08. The summed E-state index contributed by atoms with van der Waals surface area (Å²) in [6, 6.07) is 0. The van der Waals surface area contributed by atoms with E-state index in [0.29, 0.717) is 52.3 Å². The SMILES string of the molecule is CCNC(=NCCCOCC(F)(F)F)N1CCN(C(=O)C2CCCO2)CC1. The van der Waals surface area contributed by atoms with E-state index >= 15 is 0 Å². The summed E-state index contributed by atoms with van der Waals surface area (Å²) in [5, 5.41) is 3.19. The van der Waals surface area contributed by atoms with E-state index in [1.54, 1.807) is 0 Å². The van der Waals surface area contributed by atoms with Gasteiger partial charge < -0.3 is 24.6 Å². The number of guanidine groups is 1. The van der Waals surface area contributed by atoms with E-state index in [4.69, 9.17) is 4.74 Å². The summed E-state index contributed by atoms with van der Waals surface area (Å²) >= 11 is 0. The average Bonchev–Trinajstić information content (AvgIpc) is 3.17. The minimum atomic E-state index is -4.29. The number of alkyl halides is 3. The van der Waals surface area contributed by atoms with Crippen LogP contribution in [0.1, 0.15) is 26.2 Å². The molecular formula is C17H29F3N4O3. The lowest BCUT2D eigenvalue weighted by atomic mass is 10.2. The lowest BCUT2D eigenvalue weighted by molar-refractivity contribution is -0.173. The zero-order valence-electron chi connectivity index (χ0n) is 15.8. The second-order valence-corrected chi connectivity index (χ2v) is 6.57. The number of ether oxygens (including phenoxy) is 2. The number of nitrogens with one attached hydrogen (secondary N) is 1. The van der Waals surface area contributed by atoms with Gasteiger partial charge in [0.25, 0.3) is 5.91 Å². The van der Waals surface area contributed by atoms with E-state index in [2.05, 4.69) is 19.9 Å². The number of hydrogen-bond acceptors (Lipinski definition) is 4. The molecule has 0 aromatic heterocycles. The smallest absolute Gasteiger partial charge is 0.372 e. The van der Waals surface area contributed by atoms with Crippen LogP contribution in [0, 0.1) is 0 Å². The fourth-order valence-electron chi connectivity index (χ4n) is 3.08. The van der Waals surface area contributed by atoms with Gasteiger partial charge >= 0.3 is 6.18 Å². The molecule has 2 fully saturated rings. The summed E-state index contributed by atoms with van der Waals surface area (Å²) < 4.78 is 46.1. The van der Waals surface area contributed by atoms with E-state index in [1.165, 1.54) is 0 Å². The van der Waals surface area contributed by atoms with Crippen molar-refractivity contribution in [3.05, 3.63) is 0 Å². The molecule has 0 radical (unpaired) electrons. The molecule has 2 aliphatic heterocycles. The van der Waals surface area contributed by atoms with Gasteiger partial charge in [0.2, 0.25) is 0 Å². The number of carbonyl (C=O) groups excluding carboxylic acids is 1. The number of nitrogens with zero attached hydrogens (tertiary/aromatic N) is 3. The highest BCUT2D eigenvalue weighted by Gasteiger charge is 2.31. The van der Waals surface area contributed by atoms with Gasteiger partial charge in [0, 0.05) is 52.5 Å². The predicted molar refractivity (Wildman–Crippen MR) is 94.6 cm³/mol. The van der Waals surface area contributed by atoms with Crippen LogP contribution in [0.5, 0.6) is 0 Å². The molecule has 2 rings (SSSR count). The number of piperazine rings is 1. The van der Waals surface area contributed by atoms with Crippen LogP contribution in [-0.4, -0.2) is 93.0 Å². The number of halogens is 3. The minimum absolute atomic E-state index is 0.0199. The lowest BCUT2D eigenvalue weighted by Gasteiger charge is -2.37. The van der Waals surface area contributed by atoms with Crippen molar-refractivity contribution in [3.8, 4) is 0 Å². The molecule has 10 heteroatoms. The third kappa shape index (κ3) is 7.53. The van der Waals surface area contributed by atoms with Crippen molar-refractivity contribution in [2.75, 3.05) is 59.1 Å². The van der Waals surface area contributed by atoms with Crippen LogP contribution < -0.4 is 5.32 Å². The molecule has 2 heterocycles. The van der Waals surface area contributed by atoms with Crippen LogP contribution in [0.2, 0.25) is 0 Å². The first-order valence-corrected chi connectivity index (χ1v) is 9.49. The van der Waals surface area contributed by atoms with Crippen molar-refractivity contribution >= 4 is 11.9 Å². The summed E-state index contributed by atoms with van der Waals surface area (Å²) in [4.78, 5) is 20.8. The summed E-state index contributed by atoms with van der Waals surface area (Å²) in [6.07, 6.45) is -2.45. The van der Waals surface area contributed by atoms with Crippen molar-refractivity contribution in [2.24, 2.45) is 4.99 Å². The van der Waals surface area contributed by atoms with E-state index in [-0.39, 0.29) is 18.6 Å². The van der Waals surface area contributed by atoms with Gasteiger partial charge in [-0.2, -0.15) is 13.2 Å². The average molecular weight is 394 g/mol. The van der Waals surface area contributed by atoms with E-state index in [9.17, 15) is 18.0 Å². The monoisotopic (exact) mass is 394 g/mol. The topological polar surface area (TPSA) is 66.4 Å². The number of aliphatic imine (C=N–C) groups is 1. The van der Waals surface area contributed by atoms with Crippen molar-refractivity contribution in [1.82, 2.24) is 15.1 Å². The summed E-state index contributed by atoms with van der Waals surface area (Å²) in [7, 11) is 0. The second kappa shape index (κ2) is 10.7. The van der Waals surface area contributed by atoms with Gasteiger partial charge in [-0.1, -0.05) is 0 Å². The first kappa shape index (κ1) is 21.7. The van der Waals surface area contributed by atoms with E-state index in [1.807, 2.05) is 11.8 Å². The summed E-state index contributed by atoms with van der Waals surface area (Å²) in [6.45, 7) is 5.02. The summed E-state index contributed by atoms with van der Waals surface area (Å²) in [5.41, 5.74) is 0. The van der Waals surface area contributed by atoms with E-state index < -0.39 is 12.8 Å². The third-order valence-corrected chi connectivity index (χ3v) is 4.40. The largest absolute Gasteiger partial charge is 0.411 e. The Labute approximate surface area is 157 Å². The number of rotatable bonds is 7. The van der Waals surface area contributed by atoms with Gasteiger partial charge in [-0.15, -0.1) is 0 Å². The van der Waals surface area contributed by atoms with Gasteiger partial charge in [-0.3, -0.25) is 9.79 Å². The van der Waals surface area contributed by atoms with Crippen molar-refractivity contribution in [1.29, 1.82) is 0 Å². The molecule has 1 unspecified atom stereocenters. The van der Waals surface area contributed by atoms with Crippen LogP contribution in [0.15, 0.2) is 4.99 Å². The van der Waals surface area contributed by atoms with Crippen molar-refractivity contribution in [3.63, 3.8) is 0 Å². The second-order valence-electron chi connectivity index (χ2n) is 6.57. The first-order valence-electron chi connectivity index (χ1n) is 9.49. The van der Waals surface area contributed by atoms with Gasteiger partial charge in [-0.05, 0) is 26.2 Å². The van der Waals surface area contributed by atoms with Gasteiger partial charge in [0.05, 0.1) is 0 Å². The lowest BCUT2D eigenvalue weighted by Crippen LogP contribution is -2.55. The normalized spacial score (nSPS) is 21.6. The molecule has 0 bridgehead atoms. The van der Waals surface area contributed by atoms with Crippen molar-refractivity contribution in [2.45, 2.75) is 38.5 Å².